The number of carbonyl (C=O) groups excluding carboxylic acids is 1. The smallest absolute Gasteiger partial charge is 0.338 e. The van der Waals surface area contributed by atoms with Crippen LogP contribution in [0.1, 0.15) is 55.3 Å². The maximum Gasteiger partial charge on any atom is 0.338 e. The zero-order valence-corrected chi connectivity index (χ0v) is 22.7. The van der Waals surface area contributed by atoms with Crippen molar-refractivity contribution in [1.29, 1.82) is 0 Å². The Morgan fingerprint density at radius 2 is 1.57 bits per heavy atom. The highest BCUT2D eigenvalue weighted by molar-refractivity contribution is 5.91. The lowest BCUT2D eigenvalue weighted by Gasteiger charge is -2.57. The first-order valence-electron chi connectivity index (χ1n) is 13.9. The first-order chi connectivity index (χ1) is 18.0. The third kappa shape index (κ3) is 6.18. The van der Waals surface area contributed by atoms with Gasteiger partial charge in [0.1, 0.15) is 6.10 Å². The van der Waals surface area contributed by atoms with Gasteiger partial charge in [-0.25, -0.2) is 4.79 Å². The minimum absolute atomic E-state index is 0.357. The Balaban J connectivity index is 1.20. The number of hydrogen-bond donors (Lipinski definition) is 0. The second-order valence-corrected chi connectivity index (χ2v) is 11.6. The normalized spacial score (nSPS) is 29.6. The molecule has 4 saturated carbocycles. The van der Waals surface area contributed by atoms with Gasteiger partial charge in [-0.2, -0.15) is 0 Å². The highest BCUT2D eigenvalue weighted by Gasteiger charge is 2.50. The molecule has 1 saturated heterocycles. The van der Waals surface area contributed by atoms with Crippen LogP contribution < -0.4 is 14.2 Å². The van der Waals surface area contributed by atoms with E-state index < -0.39 is 5.97 Å². The van der Waals surface area contributed by atoms with E-state index in [4.69, 9.17) is 28.4 Å². The maximum atomic E-state index is 13.2. The van der Waals surface area contributed by atoms with E-state index in [-0.39, 0.29) is 6.10 Å². The molecule has 4 bridgehead atoms. The quantitative estimate of drug-likeness (QED) is 0.302. The van der Waals surface area contributed by atoms with Crippen LogP contribution in [0.4, 0.5) is 0 Å². The minimum atomic E-state index is -0.429. The van der Waals surface area contributed by atoms with E-state index in [1.807, 2.05) is 0 Å². The second-order valence-electron chi connectivity index (χ2n) is 11.6. The number of methoxy groups -OCH3 is 3. The third-order valence-electron chi connectivity index (χ3n) is 8.99. The van der Waals surface area contributed by atoms with E-state index >= 15 is 0 Å². The monoisotopic (exact) mass is 517 g/mol. The van der Waals surface area contributed by atoms with Gasteiger partial charge in [-0.1, -0.05) is 0 Å². The summed E-state index contributed by atoms with van der Waals surface area (Å²) in [6.07, 6.45) is 9.28. The van der Waals surface area contributed by atoms with Crippen LogP contribution in [0, 0.1) is 23.2 Å². The van der Waals surface area contributed by atoms with Crippen LogP contribution in [0.15, 0.2) is 12.1 Å². The summed E-state index contributed by atoms with van der Waals surface area (Å²) in [6.45, 7) is 4.78. The lowest BCUT2D eigenvalue weighted by atomic mass is 9.49. The number of benzene rings is 1. The number of morpholine rings is 1. The third-order valence-corrected chi connectivity index (χ3v) is 8.99. The number of rotatable bonds is 12. The van der Waals surface area contributed by atoms with Crippen molar-refractivity contribution in [2.45, 2.75) is 51.0 Å². The molecule has 0 unspecified atom stereocenters. The topological polar surface area (TPSA) is 75.7 Å². The number of nitrogens with zero attached hydrogens (tertiary/aromatic N) is 1. The van der Waals surface area contributed by atoms with Crippen LogP contribution in [-0.2, 0) is 14.2 Å². The van der Waals surface area contributed by atoms with Crippen molar-refractivity contribution in [2.24, 2.45) is 23.2 Å². The zero-order valence-electron chi connectivity index (χ0n) is 22.7. The minimum Gasteiger partial charge on any atom is -0.493 e. The first-order valence-corrected chi connectivity index (χ1v) is 13.9. The van der Waals surface area contributed by atoms with Crippen LogP contribution in [0.5, 0.6) is 17.2 Å². The molecule has 5 fully saturated rings. The van der Waals surface area contributed by atoms with Crippen molar-refractivity contribution in [3.8, 4) is 17.2 Å². The van der Waals surface area contributed by atoms with Gasteiger partial charge in [0.2, 0.25) is 5.75 Å². The standard InChI is InChI=1S/C29H43NO7/c1-32-25-13-23(14-26(33-2)27(25)34-3)28(31)37-24(18-30-5-8-35-9-6-30)19-36-7-4-29-15-20-10-21(16-29)12-22(11-20)17-29/h13-14,20-22,24H,4-12,15-19H2,1-3H3/t20?,21?,22?,24-,29?/m1/s1. The van der Waals surface area contributed by atoms with Gasteiger partial charge < -0.3 is 28.4 Å². The molecule has 5 aliphatic rings. The van der Waals surface area contributed by atoms with Gasteiger partial charge in [0.05, 0.1) is 46.7 Å². The molecular weight excluding hydrogens is 474 g/mol. The summed E-state index contributed by atoms with van der Waals surface area (Å²) in [6, 6.07) is 3.26. The van der Waals surface area contributed by atoms with Gasteiger partial charge in [-0.05, 0) is 80.2 Å². The Hall–Kier alpha value is -2.03. The molecule has 6 rings (SSSR count). The van der Waals surface area contributed by atoms with Gasteiger partial charge in [0.25, 0.3) is 0 Å². The number of esters is 1. The van der Waals surface area contributed by atoms with Gasteiger partial charge in [-0.3, -0.25) is 4.90 Å². The van der Waals surface area contributed by atoms with Crippen molar-refractivity contribution in [2.75, 3.05) is 67.4 Å². The lowest BCUT2D eigenvalue weighted by Crippen LogP contribution is -2.46. The molecule has 0 N–H and O–H groups in total. The molecule has 1 aromatic rings. The van der Waals surface area contributed by atoms with Crippen molar-refractivity contribution in [3.05, 3.63) is 17.7 Å². The number of carbonyl (C=O) groups is 1. The Morgan fingerprint density at radius 1 is 0.973 bits per heavy atom. The fraction of sp³-hybridized carbons (Fsp3) is 0.759. The second kappa shape index (κ2) is 11.8. The summed E-state index contributed by atoms with van der Waals surface area (Å²) in [5, 5.41) is 0. The molecule has 1 heterocycles. The Morgan fingerprint density at radius 3 is 2.11 bits per heavy atom. The number of ether oxygens (including phenoxy) is 6. The average molecular weight is 518 g/mol. The van der Waals surface area contributed by atoms with Gasteiger partial charge in [-0.15, -0.1) is 0 Å². The fourth-order valence-corrected chi connectivity index (χ4v) is 7.71. The summed E-state index contributed by atoms with van der Waals surface area (Å²) in [5.41, 5.74) is 0.844. The van der Waals surface area contributed by atoms with Crippen molar-refractivity contribution in [3.63, 3.8) is 0 Å². The summed E-state index contributed by atoms with van der Waals surface area (Å²) >= 11 is 0. The summed E-state index contributed by atoms with van der Waals surface area (Å²) in [5.74, 6) is 3.69. The molecule has 4 aliphatic carbocycles. The molecule has 1 aliphatic heterocycles. The summed E-state index contributed by atoms with van der Waals surface area (Å²) < 4.78 is 34.0. The molecule has 37 heavy (non-hydrogen) atoms. The van der Waals surface area contributed by atoms with E-state index in [0.717, 1.165) is 43.9 Å². The van der Waals surface area contributed by atoms with E-state index in [1.165, 1.54) is 59.9 Å². The van der Waals surface area contributed by atoms with Gasteiger partial charge >= 0.3 is 5.97 Å². The molecule has 1 atom stereocenters. The SMILES string of the molecule is COc1cc(C(=O)O[C@@H](COCCC23CC4CC(CC(C4)C2)C3)CN2CCOCC2)cc(OC)c1OC. The molecule has 0 amide bonds. The lowest BCUT2D eigenvalue weighted by molar-refractivity contribution is -0.0768. The molecule has 206 valence electrons. The van der Waals surface area contributed by atoms with Crippen LogP contribution >= 0.6 is 0 Å². The molecule has 0 aromatic heterocycles. The van der Waals surface area contributed by atoms with E-state index in [2.05, 4.69) is 4.90 Å². The summed E-state index contributed by atoms with van der Waals surface area (Å²) in [7, 11) is 4.61. The first kappa shape index (κ1) is 26.6. The average Bonchev–Trinajstić information content (AvgIpc) is 2.89. The predicted molar refractivity (Wildman–Crippen MR) is 139 cm³/mol. The van der Waals surface area contributed by atoms with Gasteiger partial charge in [0, 0.05) is 26.2 Å². The van der Waals surface area contributed by atoms with Crippen molar-refractivity contribution in [1.82, 2.24) is 4.90 Å². The Bertz CT molecular complexity index is 869. The van der Waals surface area contributed by atoms with E-state index in [9.17, 15) is 4.79 Å². The van der Waals surface area contributed by atoms with Crippen LogP contribution in [0.2, 0.25) is 0 Å². The largest absolute Gasteiger partial charge is 0.493 e. The Kier molecular flexibility index (Phi) is 8.47. The molecule has 8 nitrogen and oxygen atoms in total. The molecule has 0 radical (unpaired) electrons. The zero-order chi connectivity index (χ0) is 25.8. The van der Waals surface area contributed by atoms with Crippen LogP contribution in [0.25, 0.3) is 0 Å². The van der Waals surface area contributed by atoms with Crippen LogP contribution in [0.3, 0.4) is 0 Å². The van der Waals surface area contributed by atoms with E-state index in [0.29, 0.717) is 54.6 Å². The maximum absolute atomic E-state index is 13.2. The highest BCUT2D eigenvalue weighted by Crippen LogP contribution is 2.61. The van der Waals surface area contributed by atoms with E-state index in [1.54, 1.807) is 12.1 Å². The summed E-state index contributed by atoms with van der Waals surface area (Å²) in [4.78, 5) is 15.5. The molecular formula is C29H43NO7. The van der Waals surface area contributed by atoms with Crippen molar-refractivity contribution < 1.29 is 33.2 Å². The predicted octanol–water partition coefficient (Wildman–Crippen LogP) is 4.19. The fourth-order valence-electron chi connectivity index (χ4n) is 7.71. The molecule has 8 heteroatoms. The number of hydrogen-bond acceptors (Lipinski definition) is 8. The van der Waals surface area contributed by atoms with Gasteiger partial charge in [0.15, 0.2) is 11.5 Å². The van der Waals surface area contributed by atoms with Crippen molar-refractivity contribution >= 4 is 5.97 Å². The Labute approximate surface area is 220 Å². The molecule has 0 spiro atoms. The molecule has 1 aromatic carbocycles. The highest BCUT2D eigenvalue weighted by atomic mass is 16.6. The van der Waals surface area contributed by atoms with Crippen LogP contribution in [-0.4, -0.2) is 84.4 Å².